The zero-order chi connectivity index (χ0) is 28.0. The first-order valence-corrected chi connectivity index (χ1v) is 13.8. The molecule has 6 heteroatoms. The topological polar surface area (TPSA) is 65.1 Å². The molecule has 0 aliphatic carbocycles. The molecular weight excluding hydrogens is 490 g/mol. The maximum Gasteiger partial charge on any atom is 0.305 e. The number of rotatable bonds is 15. The fourth-order valence-electron chi connectivity index (χ4n) is 4.19. The Labute approximate surface area is 232 Å². The second-order valence-corrected chi connectivity index (χ2v) is 9.70. The van der Waals surface area contributed by atoms with E-state index in [0.29, 0.717) is 38.2 Å². The van der Waals surface area contributed by atoms with E-state index in [0.717, 1.165) is 59.4 Å². The van der Waals surface area contributed by atoms with Crippen LogP contribution in [0.15, 0.2) is 66.7 Å². The van der Waals surface area contributed by atoms with Crippen LogP contribution >= 0.6 is 0 Å². The first-order valence-electron chi connectivity index (χ1n) is 13.8. The lowest BCUT2D eigenvalue weighted by atomic mass is 9.99. The molecule has 0 atom stereocenters. The Balaban J connectivity index is 1.73. The summed E-state index contributed by atoms with van der Waals surface area (Å²) < 4.78 is 16.7. The molecule has 3 aromatic rings. The highest BCUT2D eigenvalue weighted by molar-refractivity contribution is 5.94. The number of hydrogen-bond donors (Lipinski definition) is 0. The van der Waals surface area contributed by atoms with Crippen molar-refractivity contribution < 1.29 is 23.8 Å². The molecule has 6 nitrogen and oxygen atoms in total. The normalized spacial score (nSPS) is 10.7. The Bertz CT molecular complexity index is 1200. The summed E-state index contributed by atoms with van der Waals surface area (Å²) in [5, 5.41) is 0. The number of nitrogens with zero attached hydrogens (tertiary/aromatic N) is 1. The summed E-state index contributed by atoms with van der Waals surface area (Å²) in [7, 11) is 3.22. The van der Waals surface area contributed by atoms with Crippen LogP contribution in [0.4, 0.5) is 0 Å². The third-order valence-corrected chi connectivity index (χ3v) is 6.52. The van der Waals surface area contributed by atoms with Crippen LogP contribution in [-0.4, -0.2) is 44.1 Å². The van der Waals surface area contributed by atoms with Gasteiger partial charge < -0.3 is 19.1 Å². The Morgan fingerprint density at radius 2 is 1.54 bits per heavy atom. The van der Waals surface area contributed by atoms with Crippen molar-refractivity contribution >= 4 is 11.9 Å². The number of benzene rings is 3. The van der Waals surface area contributed by atoms with Crippen molar-refractivity contribution in [2.75, 3.05) is 27.4 Å². The molecule has 0 spiro atoms. The van der Waals surface area contributed by atoms with E-state index < -0.39 is 0 Å². The first kappa shape index (κ1) is 29.8. The predicted octanol–water partition coefficient (Wildman–Crippen LogP) is 7.09. The maximum atomic E-state index is 13.1. The Hall–Kier alpha value is -3.80. The number of aryl methyl sites for hydroxylation is 1. The van der Waals surface area contributed by atoms with Crippen molar-refractivity contribution in [1.29, 1.82) is 0 Å². The SMILES string of the molecule is CCCCOc1ccc(C(=O)N(C)Cc2cccc(-c3ccc(CCC(=O)OC)cc3OCCCC)c2)cc1. The average molecular weight is 532 g/mol. The van der Waals surface area contributed by atoms with Gasteiger partial charge in [-0.3, -0.25) is 9.59 Å². The summed E-state index contributed by atoms with van der Waals surface area (Å²) in [6.45, 7) is 6.05. The van der Waals surface area contributed by atoms with E-state index in [1.807, 2.05) is 61.6 Å². The minimum atomic E-state index is -0.227. The van der Waals surface area contributed by atoms with Gasteiger partial charge in [-0.25, -0.2) is 0 Å². The van der Waals surface area contributed by atoms with Crippen molar-refractivity contribution in [3.63, 3.8) is 0 Å². The third-order valence-electron chi connectivity index (χ3n) is 6.52. The van der Waals surface area contributed by atoms with Gasteiger partial charge in [0.25, 0.3) is 5.91 Å². The predicted molar refractivity (Wildman–Crippen MR) is 155 cm³/mol. The highest BCUT2D eigenvalue weighted by atomic mass is 16.5. The van der Waals surface area contributed by atoms with E-state index in [4.69, 9.17) is 14.2 Å². The lowest BCUT2D eigenvalue weighted by molar-refractivity contribution is -0.140. The minimum absolute atomic E-state index is 0.0425. The highest BCUT2D eigenvalue weighted by Crippen LogP contribution is 2.32. The van der Waals surface area contributed by atoms with E-state index in [2.05, 4.69) is 26.0 Å². The molecule has 1 amide bonds. The Kier molecular flexibility index (Phi) is 11.9. The largest absolute Gasteiger partial charge is 0.494 e. The average Bonchev–Trinajstić information content (AvgIpc) is 2.96. The standard InChI is InChI=1S/C33H41NO5/c1-5-7-20-38-29-16-14-27(15-17-29)33(36)34(3)24-26-10-9-11-28(22-26)30-18-12-25(13-19-32(35)37-4)23-31(30)39-21-8-6-2/h9-12,14-18,22-23H,5-8,13,19-21,24H2,1-4H3. The molecule has 0 aromatic heterocycles. The molecule has 0 fully saturated rings. The number of methoxy groups -OCH3 is 1. The summed E-state index contributed by atoms with van der Waals surface area (Å²) in [5.74, 6) is 1.31. The molecule has 3 aromatic carbocycles. The number of unbranched alkanes of at least 4 members (excludes halogenated alkanes) is 2. The lowest BCUT2D eigenvalue weighted by Crippen LogP contribution is -2.26. The molecule has 0 heterocycles. The fraction of sp³-hybridized carbons (Fsp3) is 0.394. The van der Waals surface area contributed by atoms with Gasteiger partial charge in [0.15, 0.2) is 0 Å². The van der Waals surface area contributed by atoms with E-state index in [1.54, 1.807) is 4.90 Å². The summed E-state index contributed by atoms with van der Waals surface area (Å²) >= 11 is 0. The van der Waals surface area contributed by atoms with Crippen LogP contribution in [0.25, 0.3) is 11.1 Å². The second kappa shape index (κ2) is 15.6. The van der Waals surface area contributed by atoms with Crippen LogP contribution < -0.4 is 9.47 Å². The monoisotopic (exact) mass is 531 g/mol. The molecule has 0 N–H and O–H groups in total. The number of esters is 1. The summed E-state index contributed by atoms with van der Waals surface area (Å²) in [4.78, 5) is 26.4. The number of carbonyl (C=O) groups is 2. The van der Waals surface area contributed by atoms with Gasteiger partial charge in [0.05, 0.1) is 20.3 Å². The molecule has 0 bridgehead atoms. The zero-order valence-electron chi connectivity index (χ0n) is 23.7. The van der Waals surface area contributed by atoms with Gasteiger partial charge in [-0.1, -0.05) is 57.0 Å². The molecule has 0 aliphatic rings. The van der Waals surface area contributed by atoms with Gasteiger partial charge in [0.2, 0.25) is 0 Å². The number of amides is 1. The number of ether oxygens (including phenoxy) is 3. The maximum absolute atomic E-state index is 13.1. The Morgan fingerprint density at radius 3 is 2.23 bits per heavy atom. The van der Waals surface area contributed by atoms with Crippen molar-refractivity contribution in [1.82, 2.24) is 4.90 Å². The van der Waals surface area contributed by atoms with Crippen LogP contribution in [0.3, 0.4) is 0 Å². The summed E-state index contributed by atoms with van der Waals surface area (Å²) in [5.41, 5.74) is 4.69. The van der Waals surface area contributed by atoms with Gasteiger partial charge in [0, 0.05) is 31.1 Å². The zero-order valence-corrected chi connectivity index (χ0v) is 23.7. The first-order chi connectivity index (χ1) is 18.9. The van der Waals surface area contributed by atoms with Crippen LogP contribution in [-0.2, 0) is 22.5 Å². The fourth-order valence-corrected chi connectivity index (χ4v) is 4.19. The van der Waals surface area contributed by atoms with Crippen molar-refractivity contribution in [2.45, 2.75) is 58.9 Å². The quantitative estimate of drug-likeness (QED) is 0.155. The van der Waals surface area contributed by atoms with Crippen LogP contribution in [0.1, 0.15) is 67.4 Å². The van der Waals surface area contributed by atoms with Crippen LogP contribution in [0, 0.1) is 0 Å². The lowest BCUT2D eigenvalue weighted by Gasteiger charge is -2.19. The Morgan fingerprint density at radius 1 is 0.821 bits per heavy atom. The summed E-state index contributed by atoms with van der Waals surface area (Å²) in [6.07, 6.45) is 5.02. The molecule has 3 rings (SSSR count). The van der Waals surface area contributed by atoms with Gasteiger partial charge in [-0.15, -0.1) is 0 Å². The van der Waals surface area contributed by atoms with Crippen molar-refractivity contribution in [3.8, 4) is 22.6 Å². The van der Waals surface area contributed by atoms with Gasteiger partial charge in [-0.05, 0) is 72.4 Å². The molecular formula is C33H41NO5. The van der Waals surface area contributed by atoms with Crippen LogP contribution in [0.2, 0.25) is 0 Å². The van der Waals surface area contributed by atoms with Gasteiger partial charge >= 0.3 is 5.97 Å². The van der Waals surface area contributed by atoms with Crippen molar-refractivity contribution in [2.24, 2.45) is 0 Å². The minimum Gasteiger partial charge on any atom is -0.494 e. The van der Waals surface area contributed by atoms with Gasteiger partial charge in [-0.2, -0.15) is 0 Å². The van der Waals surface area contributed by atoms with E-state index in [-0.39, 0.29) is 11.9 Å². The van der Waals surface area contributed by atoms with Crippen molar-refractivity contribution in [3.05, 3.63) is 83.4 Å². The molecule has 0 unspecified atom stereocenters. The third kappa shape index (κ3) is 9.17. The van der Waals surface area contributed by atoms with Crippen LogP contribution in [0.5, 0.6) is 11.5 Å². The second-order valence-electron chi connectivity index (χ2n) is 9.70. The number of hydrogen-bond acceptors (Lipinski definition) is 5. The van der Waals surface area contributed by atoms with E-state index in [9.17, 15) is 9.59 Å². The molecule has 39 heavy (non-hydrogen) atoms. The van der Waals surface area contributed by atoms with E-state index >= 15 is 0 Å². The smallest absolute Gasteiger partial charge is 0.305 e. The molecule has 0 saturated heterocycles. The molecule has 0 aliphatic heterocycles. The summed E-state index contributed by atoms with van der Waals surface area (Å²) in [6, 6.07) is 21.6. The molecule has 0 saturated carbocycles. The molecule has 0 radical (unpaired) electrons. The van der Waals surface area contributed by atoms with Gasteiger partial charge in [0.1, 0.15) is 11.5 Å². The van der Waals surface area contributed by atoms with E-state index in [1.165, 1.54) is 7.11 Å². The number of carbonyl (C=O) groups excluding carboxylic acids is 2. The highest BCUT2D eigenvalue weighted by Gasteiger charge is 2.14. The molecule has 208 valence electrons.